The maximum Gasteiger partial charge on any atom is 0.300 e. The smallest absolute Gasteiger partial charge is 0.300 e. The van der Waals surface area contributed by atoms with E-state index in [2.05, 4.69) is 38.8 Å². The Morgan fingerprint density at radius 3 is 2.00 bits per heavy atom. The Hall–Kier alpha value is -2.69. The first kappa shape index (κ1) is 28.3. The van der Waals surface area contributed by atoms with Crippen molar-refractivity contribution >= 4 is 31.2 Å². The highest BCUT2D eigenvalue weighted by Crippen LogP contribution is 2.40. The number of nitrogens with two attached hydrogens (primary N) is 1. The van der Waals surface area contributed by atoms with Gasteiger partial charge in [-0.2, -0.15) is 0 Å². The number of rotatable bonds is 4. The predicted molar refractivity (Wildman–Crippen MR) is 123 cm³/mol. The minimum atomic E-state index is -2.00. The van der Waals surface area contributed by atoms with E-state index >= 15 is 0 Å². The zero-order chi connectivity index (χ0) is 24.6. The Morgan fingerprint density at radius 2 is 1.58 bits per heavy atom. The van der Waals surface area contributed by atoms with Crippen molar-refractivity contribution in [1.82, 2.24) is 4.98 Å². The summed E-state index contributed by atoms with van der Waals surface area (Å²) in [6.45, 7) is 13.4. The van der Waals surface area contributed by atoms with Crippen LogP contribution in [0.4, 0.5) is 0 Å². The summed E-state index contributed by atoms with van der Waals surface area (Å²) in [5, 5.41) is 25.7. The number of aromatic hydroxyl groups is 1. The lowest BCUT2D eigenvalue weighted by molar-refractivity contribution is -0.135. The molecule has 10 heteroatoms. The Kier molecular flexibility index (Phi) is 10.6. The summed E-state index contributed by atoms with van der Waals surface area (Å²) in [6, 6.07) is 6.55. The van der Waals surface area contributed by atoms with E-state index < -0.39 is 20.3 Å². The molecule has 0 aliphatic carbocycles. The molecule has 1 aromatic carbocycles. The molecule has 6 N–H and O–H groups in total. The number of hydrogen-bond donors (Lipinski definition) is 5. The third kappa shape index (κ3) is 9.32. The molecule has 1 atom stereocenters. The molecule has 0 fully saturated rings. The lowest BCUT2D eigenvalue weighted by Crippen LogP contribution is -2.43. The Morgan fingerprint density at radius 1 is 1.10 bits per heavy atom. The fourth-order valence-corrected chi connectivity index (χ4v) is 3.60. The average molecular weight is 455 g/mol. The number of benzene rings is 1. The Labute approximate surface area is 183 Å². The number of carbonyl (C=O) groups is 2. The monoisotopic (exact) mass is 454 g/mol. The number of phenolic OH excluding ortho intramolecular Hbond substituents is 1. The normalized spacial score (nSPS) is 12.1. The van der Waals surface area contributed by atoms with Gasteiger partial charge in [0, 0.05) is 31.8 Å². The third-order valence-corrected chi connectivity index (χ3v) is 9.20. The maximum absolute atomic E-state index is 11.5. The second-order valence-electron chi connectivity index (χ2n) is 8.43. The van der Waals surface area contributed by atoms with E-state index in [9.17, 15) is 9.90 Å². The number of nitrogens with one attached hydrogen (secondary N) is 1. The molecule has 174 valence electrons. The van der Waals surface area contributed by atoms with E-state index in [0.29, 0.717) is 12.1 Å². The molecule has 31 heavy (non-hydrogen) atoms. The first-order valence-corrected chi connectivity index (χ1v) is 12.6. The zero-order valence-corrected chi connectivity index (χ0v) is 20.1. The number of carboxylic acids is 2. The highest BCUT2D eigenvalue weighted by molar-refractivity contribution is 6.74. The molecular weight excluding hydrogens is 420 g/mol. The van der Waals surface area contributed by atoms with Gasteiger partial charge in [-0.25, -0.2) is 0 Å². The maximum atomic E-state index is 11.5. The summed E-state index contributed by atoms with van der Waals surface area (Å²) in [5.74, 6) is -1.62. The van der Waals surface area contributed by atoms with E-state index in [0.717, 1.165) is 24.8 Å². The fraction of sp³-hybridized carbons (Fsp3) is 0.476. The van der Waals surface area contributed by atoms with Gasteiger partial charge in [0.05, 0.1) is 11.6 Å². The summed E-state index contributed by atoms with van der Waals surface area (Å²) >= 11 is 0. The molecule has 1 aromatic heterocycles. The molecule has 0 amide bonds. The van der Waals surface area contributed by atoms with Crippen LogP contribution < -0.4 is 11.3 Å². The van der Waals surface area contributed by atoms with Gasteiger partial charge in [-0.1, -0.05) is 26.8 Å². The van der Waals surface area contributed by atoms with Gasteiger partial charge in [-0.05, 0) is 35.8 Å². The molecule has 0 aliphatic heterocycles. The number of H-pyrrole nitrogens is 1. The van der Waals surface area contributed by atoms with Crippen molar-refractivity contribution in [1.29, 1.82) is 0 Å². The largest absolute Gasteiger partial charge is 0.506 e. The van der Waals surface area contributed by atoms with E-state index in [1.807, 2.05) is 6.07 Å². The lowest BCUT2D eigenvalue weighted by atomic mass is 10.0. The molecule has 0 saturated carbocycles. The molecule has 0 radical (unpaired) electrons. The summed E-state index contributed by atoms with van der Waals surface area (Å²) in [4.78, 5) is 32.2. The van der Waals surface area contributed by atoms with Crippen LogP contribution in [0.5, 0.6) is 5.75 Å². The van der Waals surface area contributed by atoms with Crippen molar-refractivity contribution < 1.29 is 29.3 Å². The Balaban J connectivity index is 0.000000967. The zero-order valence-electron chi connectivity index (χ0n) is 19.1. The van der Waals surface area contributed by atoms with Crippen LogP contribution in [0.2, 0.25) is 18.1 Å². The van der Waals surface area contributed by atoms with Crippen LogP contribution in [0.1, 0.15) is 46.3 Å². The van der Waals surface area contributed by atoms with Crippen molar-refractivity contribution in [2.75, 3.05) is 6.54 Å². The van der Waals surface area contributed by atoms with Crippen LogP contribution in [-0.2, 0) is 14.0 Å². The first-order valence-electron chi connectivity index (χ1n) is 9.65. The quantitative estimate of drug-likeness (QED) is 0.439. The molecular formula is C21H34N2O7Si. The topological polar surface area (TPSA) is 163 Å². The van der Waals surface area contributed by atoms with Crippen LogP contribution in [0.25, 0.3) is 10.9 Å². The summed E-state index contributed by atoms with van der Waals surface area (Å²) in [7, 11) is -2.00. The number of fused-ring (bicyclic) bond motifs is 1. The molecule has 0 aliphatic rings. The highest BCUT2D eigenvalue weighted by Gasteiger charge is 2.39. The Bertz CT molecular complexity index is 929. The number of aromatic amines is 1. The number of hydrogen-bond acceptors (Lipinski definition) is 6. The molecule has 0 spiro atoms. The highest BCUT2D eigenvalue weighted by atomic mass is 28.4. The molecule has 1 heterocycles. The second kappa shape index (κ2) is 11.6. The number of carboxylic acid groups (broad SMARTS) is 2. The van der Waals surface area contributed by atoms with Gasteiger partial charge < -0.3 is 30.5 Å². The van der Waals surface area contributed by atoms with E-state index in [1.165, 1.54) is 6.07 Å². The molecule has 9 nitrogen and oxygen atoms in total. The van der Waals surface area contributed by atoms with Crippen LogP contribution in [0.15, 0.2) is 29.1 Å². The molecule has 0 saturated heterocycles. The average Bonchev–Trinajstić information content (AvgIpc) is 2.59. The van der Waals surface area contributed by atoms with Crippen LogP contribution in [0, 0.1) is 0 Å². The summed E-state index contributed by atoms with van der Waals surface area (Å²) < 4.78 is 6.46. The van der Waals surface area contributed by atoms with Crippen LogP contribution in [0.3, 0.4) is 0 Å². The van der Waals surface area contributed by atoms with Gasteiger partial charge in [-0.3, -0.25) is 14.4 Å². The van der Waals surface area contributed by atoms with Crippen molar-refractivity contribution in [3.8, 4) is 5.75 Å². The standard InChI is InChI=1S/C17H26N2O3Si.2C2H4O2/c1-17(2,3)23(4,5)22-14(10-18)11-6-8-13(20)16-12(11)7-9-15(21)19-16;2*1-2(3)4/h6-9,14,20H,10,18H2,1-5H3,(H,19,21);2*1H3,(H,3,4)/t14-;;/m0../s1. The SMILES string of the molecule is CC(=O)O.CC(=O)O.CC(C)(C)[Si](C)(C)O[C@@H](CN)c1ccc(O)c2[nH]c(=O)ccc12. The van der Waals surface area contributed by atoms with Crippen molar-refractivity contribution in [3.05, 3.63) is 40.2 Å². The first-order chi connectivity index (χ1) is 14.0. The van der Waals surface area contributed by atoms with Crippen molar-refractivity contribution in [2.24, 2.45) is 5.73 Å². The van der Waals surface area contributed by atoms with Crippen LogP contribution in [-0.4, -0.2) is 47.1 Å². The number of phenols is 1. The molecule has 0 bridgehead atoms. The van der Waals surface area contributed by atoms with E-state index in [1.54, 1.807) is 12.1 Å². The van der Waals surface area contributed by atoms with Gasteiger partial charge in [0.15, 0.2) is 8.32 Å². The number of aliphatic carboxylic acids is 2. The molecule has 0 unspecified atom stereocenters. The van der Waals surface area contributed by atoms with E-state index in [-0.39, 0.29) is 22.5 Å². The molecule has 2 aromatic rings. The lowest BCUT2D eigenvalue weighted by Gasteiger charge is -2.39. The van der Waals surface area contributed by atoms with Crippen LogP contribution >= 0.6 is 0 Å². The predicted octanol–water partition coefficient (Wildman–Crippen LogP) is 3.44. The van der Waals surface area contributed by atoms with Gasteiger partial charge in [0.1, 0.15) is 5.75 Å². The second-order valence-corrected chi connectivity index (χ2v) is 13.2. The van der Waals surface area contributed by atoms with Gasteiger partial charge in [0.25, 0.3) is 11.9 Å². The number of aromatic nitrogens is 1. The van der Waals surface area contributed by atoms with Gasteiger partial charge in [0.2, 0.25) is 5.56 Å². The van der Waals surface area contributed by atoms with Gasteiger partial charge in [-0.15, -0.1) is 0 Å². The van der Waals surface area contributed by atoms with Crippen molar-refractivity contribution in [2.45, 2.75) is 58.9 Å². The van der Waals surface area contributed by atoms with Gasteiger partial charge >= 0.3 is 0 Å². The summed E-state index contributed by atoms with van der Waals surface area (Å²) in [6.07, 6.45) is -0.273. The minimum Gasteiger partial charge on any atom is -0.506 e. The molecule has 2 rings (SSSR count). The third-order valence-electron chi connectivity index (χ3n) is 4.71. The summed E-state index contributed by atoms with van der Waals surface area (Å²) in [5.41, 5.74) is 7.04. The van der Waals surface area contributed by atoms with Crippen molar-refractivity contribution in [3.63, 3.8) is 0 Å². The fourth-order valence-electron chi connectivity index (χ4n) is 2.31. The van der Waals surface area contributed by atoms with E-state index in [4.69, 9.17) is 30.0 Å². The minimum absolute atomic E-state index is 0.0459. The number of pyridine rings is 1.